The van der Waals surface area contributed by atoms with Gasteiger partial charge in [-0.05, 0) is 34.1 Å². The van der Waals surface area contributed by atoms with Crippen molar-refractivity contribution < 1.29 is 0 Å². The third-order valence-corrected chi connectivity index (χ3v) is 3.99. The zero-order valence-corrected chi connectivity index (χ0v) is 12.1. The number of aromatic nitrogens is 2. The zero-order valence-electron chi connectivity index (χ0n) is 12.1. The van der Waals surface area contributed by atoms with Gasteiger partial charge in [0, 0.05) is 23.3 Å². The number of hydrogen-bond donors (Lipinski definition) is 1. The highest BCUT2D eigenvalue weighted by atomic mass is 15.3. The molecule has 2 unspecified atom stereocenters. The topological polar surface area (TPSA) is 29.9 Å². The lowest BCUT2D eigenvalue weighted by Crippen LogP contribution is -2.28. The van der Waals surface area contributed by atoms with Gasteiger partial charge in [-0.2, -0.15) is 0 Å². The molecular weight excluding hydrogens is 234 g/mol. The fraction of sp³-hybridized carbons (Fsp3) is 0.438. The van der Waals surface area contributed by atoms with E-state index in [4.69, 9.17) is 4.98 Å². The lowest BCUT2D eigenvalue weighted by atomic mass is 10.1. The molecule has 1 aliphatic rings. The molecule has 1 N–H and O–H groups in total. The predicted octanol–water partition coefficient (Wildman–Crippen LogP) is 3.93. The van der Waals surface area contributed by atoms with E-state index in [1.54, 1.807) is 0 Å². The van der Waals surface area contributed by atoms with Crippen LogP contribution in [0.5, 0.6) is 0 Å². The van der Waals surface area contributed by atoms with Crippen LogP contribution >= 0.6 is 0 Å². The average Bonchev–Trinajstić information content (AvgIpc) is 2.67. The van der Waals surface area contributed by atoms with Crippen molar-refractivity contribution in [3.05, 3.63) is 35.5 Å². The molecular formula is C16H21N3. The summed E-state index contributed by atoms with van der Waals surface area (Å²) in [5.74, 6) is 1.01. The Bertz CT molecular complexity index is 595. The lowest BCUT2D eigenvalue weighted by Gasteiger charge is -2.29. The Hall–Kier alpha value is -1.77. The Balaban J connectivity index is 2.09. The second-order valence-corrected chi connectivity index (χ2v) is 5.74. The quantitative estimate of drug-likeness (QED) is 0.836. The number of nitrogens with zero attached hydrogens (tertiary/aromatic N) is 2. The number of rotatable bonds is 1. The van der Waals surface area contributed by atoms with Crippen molar-refractivity contribution >= 4 is 5.95 Å². The van der Waals surface area contributed by atoms with Crippen LogP contribution in [-0.4, -0.2) is 15.6 Å². The van der Waals surface area contributed by atoms with E-state index in [9.17, 15) is 0 Å². The first-order chi connectivity index (χ1) is 9.06. The maximum atomic E-state index is 4.80. The summed E-state index contributed by atoms with van der Waals surface area (Å²) in [5.41, 5.74) is 4.84. The van der Waals surface area contributed by atoms with Gasteiger partial charge in [-0.3, -0.25) is 0 Å². The average molecular weight is 255 g/mol. The number of anilines is 1. The Labute approximate surface area is 114 Å². The second-order valence-electron chi connectivity index (χ2n) is 5.74. The highest BCUT2D eigenvalue weighted by molar-refractivity contribution is 5.65. The molecule has 0 saturated heterocycles. The SMILES string of the molecule is Cc1ccc(-c2nc3n(c2C)C(C)CC(C)N3)cc1. The molecule has 100 valence electrons. The van der Waals surface area contributed by atoms with Crippen LogP contribution in [0.15, 0.2) is 24.3 Å². The summed E-state index contributed by atoms with van der Waals surface area (Å²) < 4.78 is 2.33. The molecule has 0 spiro atoms. The Kier molecular flexibility index (Phi) is 2.85. The number of hydrogen-bond acceptors (Lipinski definition) is 2. The molecule has 0 bridgehead atoms. The number of benzene rings is 1. The zero-order chi connectivity index (χ0) is 13.6. The fourth-order valence-electron chi connectivity index (χ4n) is 3.04. The maximum absolute atomic E-state index is 4.80. The number of aryl methyl sites for hydroxylation is 1. The van der Waals surface area contributed by atoms with Gasteiger partial charge in [0.05, 0.1) is 5.69 Å². The highest BCUT2D eigenvalue weighted by Crippen LogP contribution is 2.33. The molecule has 3 heteroatoms. The third kappa shape index (κ3) is 2.03. The summed E-state index contributed by atoms with van der Waals surface area (Å²) in [6.07, 6.45) is 1.15. The van der Waals surface area contributed by atoms with Gasteiger partial charge in [-0.25, -0.2) is 4.98 Å². The van der Waals surface area contributed by atoms with E-state index in [1.165, 1.54) is 16.8 Å². The minimum absolute atomic E-state index is 0.496. The summed E-state index contributed by atoms with van der Waals surface area (Å²) in [7, 11) is 0. The molecule has 1 aromatic carbocycles. The van der Waals surface area contributed by atoms with E-state index in [0.29, 0.717) is 12.1 Å². The number of nitrogens with one attached hydrogen (secondary N) is 1. The standard InChI is InChI=1S/C16H21N3/c1-10-5-7-14(8-6-10)15-13(4)19-12(3)9-11(2)17-16(19)18-15/h5-8,11-12H,9H2,1-4H3,(H,17,18). The smallest absolute Gasteiger partial charge is 0.204 e. The first-order valence-electron chi connectivity index (χ1n) is 6.98. The summed E-state index contributed by atoms with van der Waals surface area (Å²) >= 11 is 0. The normalized spacial score (nSPS) is 21.9. The Morgan fingerprint density at radius 2 is 1.84 bits per heavy atom. The van der Waals surface area contributed by atoms with Crippen LogP contribution in [0.4, 0.5) is 5.95 Å². The van der Waals surface area contributed by atoms with Gasteiger partial charge < -0.3 is 9.88 Å². The molecule has 1 aliphatic heterocycles. The van der Waals surface area contributed by atoms with Crippen LogP contribution in [0.3, 0.4) is 0 Å². The van der Waals surface area contributed by atoms with Crippen LogP contribution in [0.2, 0.25) is 0 Å². The molecule has 3 rings (SSSR count). The van der Waals surface area contributed by atoms with Gasteiger partial charge >= 0.3 is 0 Å². The summed E-state index contributed by atoms with van der Waals surface area (Å²) in [5, 5.41) is 3.48. The molecule has 2 atom stereocenters. The minimum atomic E-state index is 0.496. The van der Waals surface area contributed by atoms with Gasteiger partial charge in [0.2, 0.25) is 5.95 Å². The van der Waals surface area contributed by atoms with E-state index >= 15 is 0 Å². The van der Waals surface area contributed by atoms with Crippen molar-refractivity contribution in [2.75, 3.05) is 5.32 Å². The first kappa shape index (κ1) is 12.3. The molecule has 1 aromatic heterocycles. The lowest BCUT2D eigenvalue weighted by molar-refractivity contribution is 0.442. The molecule has 2 heterocycles. The molecule has 3 nitrogen and oxygen atoms in total. The summed E-state index contributed by atoms with van der Waals surface area (Å²) in [4.78, 5) is 4.80. The van der Waals surface area contributed by atoms with Crippen molar-refractivity contribution in [2.45, 2.75) is 46.2 Å². The van der Waals surface area contributed by atoms with Gasteiger partial charge in [0.15, 0.2) is 0 Å². The van der Waals surface area contributed by atoms with E-state index in [-0.39, 0.29) is 0 Å². The second kappa shape index (κ2) is 4.41. The molecule has 0 radical (unpaired) electrons. The van der Waals surface area contributed by atoms with Crippen LogP contribution < -0.4 is 5.32 Å². The molecule has 0 fully saturated rings. The monoisotopic (exact) mass is 255 g/mol. The Morgan fingerprint density at radius 1 is 1.16 bits per heavy atom. The highest BCUT2D eigenvalue weighted by Gasteiger charge is 2.25. The van der Waals surface area contributed by atoms with Crippen LogP contribution in [-0.2, 0) is 0 Å². The molecule has 2 aromatic rings. The van der Waals surface area contributed by atoms with Crippen molar-refractivity contribution in [1.29, 1.82) is 0 Å². The molecule has 0 aliphatic carbocycles. The largest absolute Gasteiger partial charge is 0.353 e. The minimum Gasteiger partial charge on any atom is -0.353 e. The van der Waals surface area contributed by atoms with Gasteiger partial charge in [0.25, 0.3) is 0 Å². The molecule has 0 saturated carbocycles. The predicted molar refractivity (Wildman–Crippen MR) is 79.5 cm³/mol. The van der Waals surface area contributed by atoms with Crippen LogP contribution in [0, 0.1) is 13.8 Å². The van der Waals surface area contributed by atoms with Crippen molar-refractivity contribution in [1.82, 2.24) is 9.55 Å². The van der Waals surface area contributed by atoms with Crippen LogP contribution in [0.25, 0.3) is 11.3 Å². The van der Waals surface area contributed by atoms with E-state index in [2.05, 4.69) is 61.8 Å². The number of fused-ring (bicyclic) bond motifs is 1. The first-order valence-corrected chi connectivity index (χ1v) is 6.98. The summed E-state index contributed by atoms with van der Waals surface area (Å²) in [6, 6.07) is 9.61. The van der Waals surface area contributed by atoms with Crippen molar-refractivity contribution in [2.24, 2.45) is 0 Å². The van der Waals surface area contributed by atoms with Gasteiger partial charge in [0.1, 0.15) is 0 Å². The van der Waals surface area contributed by atoms with E-state index in [1.807, 2.05) is 0 Å². The fourth-order valence-corrected chi connectivity index (χ4v) is 3.04. The van der Waals surface area contributed by atoms with Gasteiger partial charge in [-0.15, -0.1) is 0 Å². The maximum Gasteiger partial charge on any atom is 0.204 e. The Morgan fingerprint density at radius 3 is 2.53 bits per heavy atom. The number of imidazole rings is 1. The van der Waals surface area contributed by atoms with Gasteiger partial charge in [-0.1, -0.05) is 29.8 Å². The molecule has 19 heavy (non-hydrogen) atoms. The van der Waals surface area contributed by atoms with E-state index in [0.717, 1.165) is 18.1 Å². The summed E-state index contributed by atoms with van der Waals surface area (Å²) in [6.45, 7) is 8.77. The molecule has 0 amide bonds. The van der Waals surface area contributed by atoms with E-state index < -0.39 is 0 Å². The van der Waals surface area contributed by atoms with Crippen molar-refractivity contribution in [3.8, 4) is 11.3 Å². The van der Waals surface area contributed by atoms with Crippen molar-refractivity contribution in [3.63, 3.8) is 0 Å². The van der Waals surface area contributed by atoms with Crippen LogP contribution in [0.1, 0.15) is 37.6 Å². The third-order valence-electron chi connectivity index (χ3n) is 3.99.